The lowest BCUT2D eigenvalue weighted by molar-refractivity contribution is 0.0696. The molecule has 6 heterocycles. The number of carbonyl (C=O) groups is 2. The number of nitrogens with zero attached hydrogens (tertiary/aromatic N) is 6. The van der Waals surface area contributed by atoms with Gasteiger partial charge in [0.15, 0.2) is 0 Å². The van der Waals surface area contributed by atoms with Crippen LogP contribution in [0.5, 0.6) is 0 Å². The molecule has 14 heteroatoms. The maximum Gasteiger partial charge on any atom is 0.335 e. The molecule has 11 nitrogen and oxygen atoms in total. The molecule has 2 aliphatic heterocycles. The van der Waals surface area contributed by atoms with Crippen LogP contribution < -0.4 is 10.6 Å². The van der Waals surface area contributed by atoms with Crippen LogP contribution in [0.25, 0.3) is 22.8 Å². The van der Waals surface area contributed by atoms with Gasteiger partial charge in [-0.1, -0.05) is 24.3 Å². The zero-order valence-corrected chi connectivity index (χ0v) is 34.0. The number of thioether (sulfide) groups is 2. The summed E-state index contributed by atoms with van der Waals surface area (Å²) in [7, 11) is 0. The molecule has 2 aromatic carbocycles. The first-order valence-corrected chi connectivity index (χ1v) is 21.1. The Hall–Kier alpha value is -5.11. The summed E-state index contributed by atoms with van der Waals surface area (Å²) in [5.74, 6) is 3.10. The summed E-state index contributed by atoms with van der Waals surface area (Å²) in [4.78, 5) is 32.0. The number of aromatic nitrogens is 6. The lowest BCUT2D eigenvalue weighted by Gasteiger charge is -2.19. The van der Waals surface area contributed by atoms with E-state index in [0.29, 0.717) is 11.1 Å². The number of pyridine rings is 2. The van der Waals surface area contributed by atoms with E-state index in [1.165, 1.54) is 5.56 Å². The first-order chi connectivity index (χ1) is 27.2. The standard InChI is InChI=1S/C21H21ClN4OS.C21H22N4O2S/c1-3-26-21-17(18(25-26)16-6-4-5-9-23-16)19(28-11-10-24-21)15-8-7-14(20(22)27)12-13(15)2;1-3-25-20-17(18(24-25)16-6-4-5-9-22-16)19(28-11-10-23-20)15-8-7-14(21(26)27)12-13(15)2/h4-9,12,19,24H,3,10-11H2,1-2H3;4-9,12,19,23H,3,10-11H2,1-2H3,(H,26,27). The number of hydrogen-bond acceptors (Lipinski definition) is 10. The van der Waals surface area contributed by atoms with E-state index in [2.05, 4.69) is 34.4 Å². The molecule has 2 atom stereocenters. The van der Waals surface area contributed by atoms with Gasteiger partial charge < -0.3 is 15.7 Å². The number of fused-ring (bicyclic) bond motifs is 2. The molecule has 3 N–H and O–H groups in total. The van der Waals surface area contributed by atoms with Crippen LogP contribution in [0, 0.1) is 13.8 Å². The van der Waals surface area contributed by atoms with Crippen molar-refractivity contribution < 1.29 is 14.7 Å². The number of halogens is 1. The van der Waals surface area contributed by atoms with Gasteiger partial charge in [0, 0.05) is 66.8 Å². The number of anilines is 2. The van der Waals surface area contributed by atoms with E-state index in [9.17, 15) is 14.7 Å². The van der Waals surface area contributed by atoms with Gasteiger partial charge in [-0.25, -0.2) is 14.2 Å². The van der Waals surface area contributed by atoms with Crippen molar-refractivity contribution in [3.63, 3.8) is 0 Å². The summed E-state index contributed by atoms with van der Waals surface area (Å²) in [6.07, 6.45) is 3.58. The Bertz CT molecular complexity index is 2200. The molecule has 8 rings (SSSR count). The Morgan fingerprint density at radius 3 is 1.59 bits per heavy atom. The van der Waals surface area contributed by atoms with Crippen molar-refractivity contribution in [3.05, 3.63) is 130 Å². The van der Waals surface area contributed by atoms with Crippen LogP contribution in [-0.2, 0) is 13.1 Å². The smallest absolute Gasteiger partial charge is 0.335 e. The number of carboxylic acid groups (broad SMARTS) is 1. The molecule has 0 amide bonds. The zero-order chi connectivity index (χ0) is 39.3. The number of carbonyl (C=O) groups excluding carboxylic acids is 1. The van der Waals surface area contributed by atoms with Gasteiger partial charge in [0.2, 0.25) is 0 Å². The Labute approximate surface area is 339 Å². The second-order valence-corrected chi connectivity index (χ2v) is 16.1. The van der Waals surface area contributed by atoms with Crippen molar-refractivity contribution in [3.8, 4) is 22.8 Å². The molecule has 0 spiro atoms. The van der Waals surface area contributed by atoms with E-state index in [-0.39, 0.29) is 10.5 Å². The second-order valence-electron chi connectivity index (χ2n) is 13.4. The number of benzene rings is 2. The van der Waals surface area contributed by atoms with Crippen molar-refractivity contribution in [2.24, 2.45) is 0 Å². The zero-order valence-electron chi connectivity index (χ0n) is 31.6. The summed E-state index contributed by atoms with van der Waals surface area (Å²) < 4.78 is 4.02. The van der Waals surface area contributed by atoms with Gasteiger partial charge in [-0.15, -0.1) is 23.5 Å². The Balaban J connectivity index is 0.000000172. The monoisotopic (exact) mass is 806 g/mol. The molecule has 288 valence electrons. The van der Waals surface area contributed by atoms with Gasteiger partial charge in [0.05, 0.1) is 27.5 Å². The van der Waals surface area contributed by atoms with Crippen molar-refractivity contribution in [2.45, 2.75) is 51.3 Å². The second kappa shape index (κ2) is 17.4. The Kier molecular flexibility index (Phi) is 12.1. The molecule has 0 aliphatic carbocycles. The fraction of sp³-hybridized carbons (Fsp3) is 0.286. The molecular formula is C42H43ClN8O3S2. The molecular weight excluding hydrogens is 764 g/mol. The highest BCUT2D eigenvalue weighted by molar-refractivity contribution is 8.00. The van der Waals surface area contributed by atoms with Gasteiger partial charge in [0.1, 0.15) is 23.0 Å². The van der Waals surface area contributed by atoms with Crippen LogP contribution in [0.15, 0.2) is 85.2 Å². The van der Waals surface area contributed by atoms with Gasteiger partial charge in [-0.2, -0.15) is 10.2 Å². The predicted octanol–water partition coefficient (Wildman–Crippen LogP) is 9.12. The number of nitrogens with one attached hydrogen (secondary N) is 2. The van der Waals surface area contributed by atoms with Crippen LogP contribution in [0.2, 0.25) is 0 Å². The lowest BCUT2D eigenvalue weighted by Crippen LogP contribution is -2.08. The van der Waals surface area contributed by atoms with Crippen LogP contribution in [0.4, 0.5) is 11.6 Å². The quantitative estimate of drug-likeness (QED) is 0.127. The van der Waals surface area contributed by atoms with E-state index in [4.69, 9.17) is 21.8 Å². The van der Waals surface area contributed by atoms with Gasteiger partial charge in [-0.05, 0) is 110 Å². The number of carboxylic acids is 1. The highest BCUT2D eigenvalue weighted by atomic mass is 35.5. The first kappa shape index (κ1) is 39.1. The number of aromatic carboxylic acids is 1. The van der Waals surface area contributed by atoms with Crippen LogP contribution in [0.3, 0.4) is 0 Å². The van der Waals surface area contributed by atoms with Gasteiger partial charge >= 0.3 is 5.97 Å². The minimum atomic E-state index is -0.904. The van der Waals surface area contributed by atoms with Crippen LogP contribution in [-0.4, -0.2) is 70.4 Å². The maximum absolute atomic E-state index is 11.5. The summed E-state index contributed by atoms with van der Waals surface area (Å²) in [6.45, 7) is 11.4. The van der Waals surface area contributed by atoms with E-state index >= 15 is 0 Å². The highest BCUT2D eigenvalue weighted by Gasteiger charge is 2.32. The summed E-state index contributed by atoms with van der Waals surface area (Å²) in [6, 6.07) is 22.8. The summed E-state index contributed by atoms with van der Waals surface area (Å²) in [5, 5.41) is 25.9. The molecule has 4 aromatic heterocycles. The third-order valence-electron chi connectivity index (χ3n) is 9.85. The minimum absolute atomic E-state index is 0.0603. The van der Waals surface area contributed by atoms with E-state index in [1.54, 1.807) is 30.6 Å². The third-order valence-corrected chi connectivity index (χ3v) is 12.6. The van der Waals surface area contributed by atoms with Gasteiger partial charge in [-0.3, -0.25) is 14.8 Å². The van der Waals surface area contributed by atoms with Crippen molar-refractivity contribution in [2.75, 3.05) is 35.2 Å². The number of rotatable bonds is 8. The number of hydrogen-bond donors (Lipinski definition) is 3. The van der Waals surface area contributed by atoms with Crippen molar-refractivity contribution in [1.29, 1.82) is 0 Å². The fourth-order valence-electron chi connectivity index (χ4n) is 7.21. The lowest BCUT2D eigenvalue weighted by atomic mass is 9.96. The van der Waals surface area contributed by atoms with E-state index in [1.807, 2.05) is 101 Å². The average molecular weight is 807 g/mol. The molecule has 0 bridgehead atoms. The highest BCUT2D eigenvalue weighted by Crippen LogP contribution is 2.48. The third kappa shape index (κ3) is 7.93. The molecule has 0 saturated carbocycles. The van der Waals surface area contributed by atoms with Gasteiger partial charge in [0.25, 0.3) is 5.24 Å². The molecule has 2 unspecified atom stereocenters. The summed E-state index contributed by atoms with van der Waals surface area (Å²) in [5.41, 5.74) is 10.9. The average Bonchev–Trinajstić information content (AvgIpc) is 3.58. The summed E-state index contributed by atoms with van der Waals surface area (Å²) >= 11 is 9.40. The topological polar surface area (TPSA) is 140 Å². The van der Waals surface area contributed by atoms with E-state index < -0.39 is 11.2 Å². The normalized spacial score (nSPS) is 16.2. The molecule has 0 saturated heterocycles. The minimum Gasteiger partial charge on any atom is -0.478 e. The molecule has 2 aliphatic rings. The molecule has 0 radical (unpaired) electrons. The predicted molar refractivity (Wildman–Crippen MR) is 227 cm³/mol. The van der Waals surface area contributed by atoms with Crippen LogP contribution in [0.1, 0.15) is 78.4 Å². The Morgan fingerprint density at radius 2 is 1.20 bits per heavy atom. The largest absolute Gasteiger partial charge is 0.478 e. The molecule has 6 aromatic rings. The van der Waals surface area contributed by atoms with E-state index in [0.717, 1.165) is 99.9 Å². The van der Waals surface area contributed by atoms with Crippen molar-refractivity contribution >= 4 is 58.0 Å². The maximum atomic E-state index is 11.5. The first-order valence-electron chi connectivity index (χ1n) is 18.6. The van der Waals surface area contributed by atoms with Crippen LogP contribution >= 0.6 is 35.1 Å². The fourth-order valence-corrected chi connectivity index (χ4v) is 9.90. The SMILES string of the molecule is CCn1nc(-c2ccccn2)c2c1NCCSC2c1ccc(C(=O)Cl)cc1C.CCn1nc(-c2ccccn2)c2c1NCCSC2c1ccc(C(=O)O)cc1C. The Morgan fingerprint density at radius 1 is 0.732 bits per heavy atom. The van der Waals surface area contributed by atoms with Crippen molar-refractivity contribution in [1.82, 2.24) is 29.5 Å². The molecule has 56 heavy (non-hydrogen) atoms. The molecule has 0 fully saturated rings. The number of aryl methyl sites for hydroxylation is 4.